The minimum Gasteiger partial charge on any atom is -0.376 e. The normalized spacial score (nSPS) is 14.3. The van der Waals surface area contributed by atoms with Crippen LogP contribution in [0.15, 0.2) is 22.9 Å². The van der Waals surface area contributed by atoms with Gasteiger partial charge in [-0.15, -0.1) is 0 Å². The summed E-state index contributed by atoms with van der Waals surface area (Å²) in [5.74, 6) is 0.606. The van der Waals surface area contributed by atoms with Crippen LogP contribution in [0.4, 0.5) is 0 Å². The molecule has 4 nitrogen and oxygen atoms in total. The Labute approximate surface area is 118 Å². The first-order valence-corrected chi connectivity index (χ1v) is 6.65. The summed E-state index contributed by atoms with van der Waals surface area (Å²) in [5, 5.41) is 0.467. The molecule has 0 bridgehead atoms. The lowest BCUT2D eigenvalue weighted by Gasteiger charge is -2.17. The van der Waals surface area contributed by atoms with E-state index in [9.17, 15) is 0 Å². The fourth-order valence-electron chi connectivity index (χ4n) is 1.86. The van der Waals surface area contributed by atoms with Gasteiger partial charge >= 0.3 is 0 Å². The molecule has 6 heteroatoms. The first-order valence-electron chi connectivity index (χ1n) is 5.48. The average molecular weight is 327 g/mol. The molecular weight excluding hydrogens is 318 g/mol. The summed E-state index contributed by atoms with van der Waals surface area (Å²) in [5.41, 5.74) is 2.71. The molecule has 0 unspecified atom stereocenters. The van der Waals surface area contributed by atoms with Crippen LogP contribution < -0.4 is 0 Å². The molecule has 0 N–H and O–H groups in total. The third-order valence-electron chi connectivity index (χ3n) is 2.73. The number of halogens is 2. The van der Waals surface area contributed by atoms with Gasteiger partial charge in [-0.2, -0.15) is 0 Å². The summed E-state index contributed by atoms with van der Waals surface area (Å²) in [6, 6.07) is 1.92. The van der Waals surface area contributed by atoms with Gasteiger partial charge in [0.15, 0.2) is 5.82 Å². The smallest absolute Gasteiger partial charge is 0.162 e. The highest BCUT2D eigenvalue weighted by Crippen LogP contribution is 2.26. The van der Waals surface area contributed by atoms with Crippen LogP contribution in [0.1, 0.15) is 11.3 Å². The second kappa shape index (κ2) is 4.91. The van der Waals surface area contributed by atoms with E-state index in [4.69, 9.17) is 16.3 Å². The molecule has 3 rings (SSSR count). The summed E-state index contributed by atoms with van der Waals surface area (Å²) >= 11 is 9.56. The molecule has 2 aromatic heterocycles. The number of fused-ring (bicyclic) bond motifs is 1. The number of hydrogen-bond donors (Lipinski definition) is 0. The zero-order valence-electron chi connectivity index (χ0n) is 9.36. The van der Waals surface area contributed by atoms with Gasteiger partial charge in [0.2, 0.25) is 0 Å². The lowest BCUT2D eigenvalue weighted by Crippen LogP contribution is -2.14. The second-order valence-corrected chi connectivity index (χ2v) is 5.23. The van der Waals surface area contributed by atoms with E-state index in [1.54, 1.807) is 12.4 Å². The Morgan fingerprint density at radius 2 is 2.17 bits per heavy atom. The molecule has 18 heavy (non-hydrogen) atoms. The van der Waals surface area contributed by atoms with Gasteiger partial charge < -0.3 is 4.74 Å². The maximum Gasteiger partial charge on any atom is 0.162 e. The van der Waals surface area contributed by atoms with E-state index in [1.165, 1.54) is 0 Å². The Morgan fingerprint density at radius 3 is 3.00 bits per heavy atom. The Balaban J connectivity index is 2.11. The molecule has 0 aromatic carbocycles. The van der Waals surface area contributed by atoms with Crippen LogP contribution in [0.3, 0.4) is 0 Å². The monoisotopic (exact) mass is 325 g/mol. The first-order chi connectivity index (χ1) is 8.74. The maximum absolute atomic E-state index is 6.17. The fourth-order valence-corrected chi connectivity index (χ4v) is 2.46. The molecular formula is C12H9BrClN3O. The molecule has 92 valence electrons. The van der Waals surface area contributed by atoms with E-state index in [0.29, 0.717) is 24.2 Å². The van der Waals surface area contributed by atoms with Crippen LogP contribution in [-0.2, 0) is 17.8 Å². The van der Waals surface area contributed by atoms with E-state index in [1.807, 2.05) is 6.07 Å². The summed E-state index contributed by atoms with van der Waals surface area (Å²) < 4.78 is 6.25. The van der Waals surface area contributed by atoms with Crippen LogP contribution >= 0.6 is 27.5 Å². The van der Waals surface area contributed by atoms with Crippen molar-refractivity contribution in [2.75, 3.05) is 6.61 Å². The van der Waals surface area contributed by atoms with E-state index >= 15 is 0 Å². The molecule has 0 amide bonds. The van der Waals surface area contributed by atoms with E-state index in [0.717, 1.165) is 27.7 Å². The van der Waals surface area contributed by atoms with Crippen molar-refractivity contribution in [2.45, 2.75) is 13.0 Å². The number of rotatable bonds is 1. The van der Waals surface area contributed by atoms with Crippen molar-refractivity contribution >= 4 is 27.5 Å². The number of aromatic nitrogens is 3. The largest absolute Gasteiger partial charge is 0.376 e. The third kappa shape index (κ3) is 2.25. The fraction of sp³-hybridized carbons (Fsp3) is 0.250. The number of pyridine rings is 1. The van der Waals surface area contributed by atoms with Crippen LogP contribution in [-0.4, -0.2) is 21.6 Å². The van der Waals surface area contributed by atoms with Crippen LogP contribution in [0.2, 0.25) is 5.15 Å². The molecule has 0 spiro atoms. The van der Waals surface area contributed by atoms with Crippen molar-refractivity contribution < 1.29 is 4.74 Å². The van der Waals surface area contributed by atoms with Gasteiger partial charge in [0.25, 0.3) is 0 Å². The maximum atomic E-state index is 6.17. The lowest BCUT2D eigenvalue weighted by atomic mass is 10.1. The number of nitrogens with zero attached hydrogens (tertiary/aromatic N) is 3. The Kier molecular flexibility index (Phi) is 3.28. The van der Waals surface area contributed by atoms with Crippen molar-refractivity contribution in [3.05, 3.63) is 39.3 Å². The topological polar surface area (TPSA) is 47.9 Å². The van der Waals surface area contributed by atoms with E-state index < -0.39 is 0 Å². The highest BCUT2D eigenvalue weighted by Gasteiger charge is 2.17. The van der Waals surface area contributed by atoms with Gasteiger partial charge in [0.1, 0.15) is 5.15 Å². The van der Waals surface area contributed by atoms with Gasteiger partial charge in [-0.3, -0.25) is 4.98 Å². The predicted molar refractivity (Wildman–Crippen MR) is 71.3 cm³/mol. The highest BCUT2D eigenvalue weighted by molar-refractivity contribution is 9.10. The van der Waals surface area contributed by atoms with Crippen molar-refractivity contribution in [2.24, 2.45) is 0 Å². The van der Waals surface area contributed by atoms with Crippen LogP contribution in [0.5, 0.6) is 0 Å². The molecule has 0 saturated heterocycles. The first kappa shape index (κ1) is 12.0. The molecule has 1 aliphatic rings. The Bertz CT molecular complexity index is 606. The van der Waals surface area contributed by atoms with Crippen LogP contribution in [0.25, 0.3) is 11.4 Å². The van der Waals surface area contributed by atoms with Crippen molar-refractivity contribution in [3.63, 3.8) is 0 Å². The van der Waals surface area contributed by atoms with Gasteiger partial charge in [0.05, 0.1) is 18.9 Å². The summed E-state index contributed by atoms with van der Waals surface area (Å²) in [4.78, 5) is 13.0. The molecule has 2 aromatic rings. The minimum absolute atomic E-state index is 0.467. The number of ether oxygens (including phenoxy) is 1. The van der Waals surface area contributed by atoms with E-state index in [2.05, 4.69) is 30.9 Å². The SMILES string of the molecule is Clc1nc(-c2cncc(Br)c2)nc2c1COCC2. The van der Waals surface area contributed by atoms with Gasteiger partial charge in [-0.25, -0.2) is 9.97 Å². The zero-order valence-corrected chi connectivity index (χ0v) is 11.7. The molecule has 0 aliphatic carbocycles. The Morgan fingerprint density at radius 1 is 1.28 bits per heavy atom. The molecule has 0 atom stereocenters. The van der Waals surface area contributed by atoms with Crippen molar-refractivity contribution in [1.82, 2.24) is 15.0 Å². The standard InChI is InChI=1S/C12H9BrClN3O/c13-8-3-7(4-15-5-8)12-16-10-1-2-18-6-9(10)11(14)17-12/h3-5H,1-2,6H2. The second-order valence-electron chi connectivity index (χ2n) is 3.96. The average Bonchev–Trinajstić information content (AvgIpc) is 2.39. The van der Waals surface area contributed by atoms with Crippen LogP contribution in [0, 0.1) is 0 Å². The predicted octanol–water partition coefficient (Wildman–Crippen LogP) is 3.03. The third-order valence-corrected chi connectivity index (χ3v) is 3.48. The quantitative estimate of drug-likeness (QED) is 0.756. The summed E-state index contributed by atoms with van der Waals surface area (Å²) in [6.45, 7) is 1.17. The number of hydrogen-bond acceptors (Lipinski definition) is 4. The molecule has 0 fully saturated rings. The van der Waals surface area contributed by atoms with Gasteiger partial charge in [-0.05, 0) is 22.0 Å². The molecule has 0 radical (unpaired) electrons. The van der Waals surface area contributed by atoms with Crippen molar-refractivity contribution in [3.8, 4) is 11.4 Å². The summed E-state index contributed by atoms with van der Waals surface area (Å²) in [6.07, 6.45) is 4.21. The Hall–Kier alpha value is -1.04. The highest BCUT2D eigenvalue weighted by atomic mass is 79.9. The van der Waals surface area contributed by atoms with E-state index in [-0.39, 0.29) is 0 Å². The van der Waals surface area contributed by atoms with Gasteiger partial charge in [-0.1, -0.05) is 11.6 Å². The molecule has 1 aliphatic heterocycles. The van der Waals surface area contributed by atoms with Crippen molar-refractivity contribution in [1.29, 1.82) is 0 Å². The lowest BCUT2D eigenvalue weighted by molar-refractivity contribution is 0.109. The minimum atomic E-state index is 0.467. The van der Waals surface area contributed by atoms with Gasteiger partial charge in [0, 0.05) is 34.4 Å². The molecule has 3 heterocycles. The summed E-state index contributed by atoms with van der Waals surface area (Å²) in [7, 11) is 0. The zero-order chi connectivity index (χ0) is 12.5. The molecule has 0 saturated carbocycles.